The number of pyridine rings is 2. The zero-order chi connectivity index (χ0) is 56.3. The smallest absolute Gasteiger partial charge is 0.312 e. The number of piperidine rings is 1. The molecule has 2 aliphatic carbocycles. The van der Waals surface area contributed by atoms with Gasteiger partial charge in [0.25, 0.3) is 15.9 Å². The fourth-order valence-electron chi connectivity index (χ4n) is 12.9. The topological polar surface area (TPSA) is 222 Å². The number of amides is 1. The van der Waals surface area contributed by atoms with E-state index in [1.54, 1.807) is 26.2 Å². The fourth-order valence-corrected chi connectivity index (χ4v) is 13.8. The van der Waals surface area contributed by atoms with Crippen molar-refractivity contribution in [2.75, 3.05) is 50.1 Å². The van der Waals surface area contributed by atoms with Crippen LogP contribution in [-0.4, -0.2) is 107 Å². The van der Waals surface area contributed by atoms with E-state index in [1.807, 2.05) is 13.0 Å². The maximum Gasteiger partial charge on any atom is 0.312 e. The van der Waals surface area contributed by atoms with Crippen molar-refractivity contribution in [3.63, 3.8) is 0 Å². The number of hydrogen-bond acceptors (Lipinski definition) is 15. The van der Waals surface area contributed by atoms with Crippen LogP contribution >= 0.6 is 0 Å². The Labute approximate surface area is 465 Å². The number of fused-ring (bicyclic) bond motifs is 2. The second-order valence-corrected chi connectivity index (χ2v) is 25.1. The molecule has 0 radical (unpaired) electrons. The highest BCUT2D eigenvalue weighted by molar-refractivity contribution is 7.90. The molecule has 1 amide bonds. The molecule has 4 aliphatic rings. The molecule has 80 heavy (non-hydrogen) atoms. The summed E-state index contributed by atoms with van der Waals surface area (Å²) in [6.45, 7) is 15.1. The Hall–Kier alpha value is -7.13. The number of aromatic amines is 1. The van der Waals surface area contributed by atoms with Crippen LogP contribution < -0.4 is 24.4 Å². The largest absolute Gasteiger partial charge is 0.493 e. The molecule has 2 aliphatic heterocycles. The van der Waals surface area contributed by atoms with Crippen LogP contribution in [0.5, 0.6) is 17.2 Å². The van der Waals surface area contributed by atoms with E-state index in [2.05, 4.69) is 96.9 Å². The summed E-state index contributed by atoms with van der Waals surface area (Å²) < 4.78 is 62.7. The molecule has 4 aromatic heterocycles. The number of hydrogen-bond donors (Lipinski definition) is 4. The first-order valence-corrected chi connectivity index (χ1v) is 29.3. The average molecular weight is 1110 g/mol. The normalized spacial score (nSPS) is 22.0. The number of ether oxygens (including phenoxy) is 2. The molecule has 11 rings (SSSR count). The van der Waals surface area contributed by atoms with Crippen molar-refractivity contribution in [3.8, 4) is 17.2 Å². The van der Waals surface area contributed by atoms with E-state index in [0.29, 0.717) is 55.9 Å². The number of sulfonamides is 1. The van der Waals surface area contributed by atoms with Crippen LogP contribution in [0, 0.1) is 34.2 Å². The number of furan rings is 1. The third-order valence-electron chi connectivity index (χ3n) is 17.5. The van der Waals surface area contributed by atoms with Crippen LogP contribution in [0.15, 0.2) is 101 Å². The van der Waals surface area contributed by atoms with Gasteiger partial charge in [0.05, 0.1) is 41.0 Å². The van der Waals surface area contributed by atoms with Crippen LogP contribution in [0.1, 0.15) is 124 Å². The number of piperazine rings is 1. The molecule has 4 fully saturated rings. The van der Waals surface area contributed by atoms with Crippen molar-refractivity contribution >= 4 is 55.1 Å². The third-order valence-corrected chi connectivity index (χ3v) is 18.8. The first kappa shape index (κ1) is 54.8. The van der Waals surface area contributed by atoms with Gasteiger partial charge in [-0.05, 0) is 136 Å². The maximum absolute atomic E-state index is 14.8. The van der Waals surface area contributed by atoms with E-state index in [1.165, 1.54) is 41.2 Å². The predicted molar refractivity (Wildman–Crippen MR) is 303 cm³/mol. The van der Waals surface area contributed by atoms with Gasteiger partial charge in [-0.15, -0.1) is 0 Å². The first-order chi connectivity index (χ1) is 38.3. The summed E-state index contributed by atoms with van der Waals surface area (Å²) in [7, 11) is -3.04. The molecule has 20 heteroatoms. The van der Waals surface area contributed by atoms with E-state index in [9.17, 15) is 32.8 Å². The molecule has 4 N–H and O–H groups in total. The number of nitrogens with zero attached hydrogens (tertiary/aromatic N) is 6. The minimum Gasteiger partial charge on any atom is -0.493 e. The minimum absolute atomic E-state index is 0.00133. The van der Waals surface area contributed by atoms with Crippen molar-refractivity contribution in [3.05, 3.63) is 135 Å². The molecule has 0 bridgehead atoms. The first-order valence-electron chi connectivity index (χ1n) is 27.8. The standard InChI is InChI=1S/C60H70FN9O9S/c1-36(2)45-9-7-8-10-46(45)52-35-68(34-40-11-14-53(77-6)55-48(40)23-38(4)78-55)37(3)33-69(52)42-27-60(28-42)19-21-67(22-20-60)41-12-13-47(54(24-41)79-43-25-49-50(61)32-65-56(49)63-30-43)58(71)66-80(75,76)44-26-51(70(73)74)57(64-31-44)62-29-39-15-17-59(5,72)18-16-39/h7-14,23-26,30-32,36-37,39,42,52,72H,15-22,27-29,33-35H2,1-6H3,(H,62,64)(H,63,65)(H,66,71)/t37-,39?,52-,59?/m0/s1. The number of carbonyl (C=O) groups excluding carboxylic acids is 1. The van der Waals surface area contributed by atoms with Gasteiger partial charge in [0.15, 0.2) is 11.3 Å². The van der Waals surface area contributed by atoms with Crippen molar-refractivity contribution in [2.45, 2.75) is 127 Å². The molecule has 422 valence electrons. The summed E-state index contributed by atoms with van der Waals surface area (Å²) >= 11 is 0. The van der Waals surface area contributed by atoms with E-state index in [4.69, 9.17) is 13.9 Å². The molecular formula is C60H70FN9O9S. The molecular weight excluding hydrogens is 1040 g/mol. The summed E-state index contributed by atoms with van der Waals surface area (Å²) in [6.07, 6.45) is 10.2. The molecule has 2 saturated heterocycles. The summed E-state index contributed by atoms with van der Waals surface area (Å²) in [6, 6.07) is 23.4. The lowest BCUT2D eigenvalue weighted by Crippen LogP contribution is -2.61. The molecule has 3 aromatic carbocycles. The molecule has 6 heterocycles. The van der Waals surface area contributed by atoms with Gasteiger partial charge >= 0.3 is 5.69 Å². The fraction of sp³-hybridized carbons (Fsp3) is 0.450. The highest BCUT2D eigenvalue weighted by atomic mass is 32.2. The van der Waals surface area contributed by atoms with E-state index < -0.39 is 42.9 Å². The number of nitro groups is 1. The number of aliphatic hydroxyl groups is 1. The Balaban J connectivity index is 0.797. The average Bonchev–Trinajstić information content (AvgIpc) is 4.08. The number of benzene rings is 3. The van der Waals surface area contributed by atoms with Crippen molar-refractivity contribution in [2.24, 2.45) is 11.3 Å². The highest BCUT2D eigenvalue weighted by Crippen LogP contribution is 2.54. The number of anilines is 2. The lowest BCUT2D eigenvalue weighted by Gasteiger charge is -2.59. The summed E-state index contributed by atoms with van der Waals surface area (Å²) in [5.41, 5.74) is 4.51. The molecule has 18 nitrogen and oxygen atoms in total. The lowest BCUT2D eigenvalue weighted by atomic mass is 9.59. The summed E-state index contributed by atoms with van der Waals surface area (Å²) in [5, 5.41) is 26.8. The van der Waals surface area contributed by atoms with Crippen molar-refractivity contribution in [1.82, 2.24) is 29.5 Å². The monoisotopic (exact) mass is 1110 g/mol. The number of nitrogens with one attached hydrogen (secondary N) is 3. The van der Waals surface area contributed by atoms with Crippen LogP contribution in [-0.2, 0) is 16.6 Å². The van der Waals surface area contributed by atoms with Crippen LogP contribution in [0.3, 0.4) is 0 Å². The predicted octanol–water partition coefficient (Wildman–Crippen LogP) is 11.2. The molecule has 2 atom stereocenters. The summed E-state index contributed by atoms with van der Waals surface area (Å²) in [4.78, 5) is 43.9. The van der Waals surface area contributed by atoms with Crippen molar-refractivity contribution in [1.29, 1.82) is 0 Å². The number of halogens is 1. The Kier molecular flexibility index (Phi) is 14.9. The zero-order valence-electron chi connectivity index (χ0n) is 46.1. The van der Waals surface area contributed by atoms with Gasteiger partial charge in [-0.2, -0.15) is 0 Å². The Morgan fingerprint density at radius 3 is 2.49 bits per heavy atom. The molecule has 0 unspecified atom stereocenters. The quantitative estimate of drug-likeness (QED) is 0.0522. The van der Waals surface area contributed by atoms with E-state index in [-0.39, 0.29) is 45.6 Å². The lowest BCUT2D eigenvalue weighted by molar-refractivity contribution is -0.384. The van der Waals surface area contributed by atoms with Gasteiger partial charge < -0.3 is 34.2 Å². The van der Waals surface area contributed by atoms with E-state index in [0.717, 1.165) is 98.8 Å². The van der Waals surface area contributed by atoms with Crippen LogP contribution in [0.2, 0.25) is 0 Å². The number of rotatable bonds is 16. The number of carbonyl (C=O) groups is 1. The molecule has 1 spiro atoms. The van der Waals surface area contributed by atoms with Gasteiger partial charge in [0.1, 0.15) is 33.6 Å². The third kappa shape index (κ3) is 11.1. The number of H-pyrrole nitrogens is 1. The van der Waals surface area contributed by atoms with Crippen molar-refractivity contribution < 1.29 is 41.5 Å². The Bertz CT molecular complexity index is 3580. The molecule has 7 aromatic rings. The second-order valence-electron chi connectivity index (χ2n) is 23.4. The maximum atomic E-state index is 14.8. The number of aryl methyl sites for hydroxylation is 1. The van der Waals surface area contributed by atoms with Crippen LogP contribution in [0.4, 0.5) is 21.6 Å². The van der Waals surface area contributed by atoms with Gasteiger partial charge in [0, 0.05) is 86.8 Å². The van der Waals surface area contributed by atoms with Gasteiger partial charge in [0.2, 0.25) is 5.82 Å². The SMILES string of the molecule is COc1ccc(CN2C[C@@H](c3ccccc3C(C)C)N(C3CC4(CCN(c5ccc(C(=O)NS(=O)(=O)c6cnc(NCC7CCC(C)(O)CC7)c([N+](=O)[O-])c6)c(Oc6cnc7[nH]cc(F)c7c6)c5)CC4)C3)C[C@@H]2C)c2cc(C)oc12. The molecule has 2 saturated carbocycles. The number of aromatic nitrogens is 3. The minimum atomic E-state index is -4.72. The van der Waals surface area contributed by atoms with Gasteiger partial charge in [-0.3, -0.25) is 24.7 Å². The Morgan fingerprint density at radius 2 is 1.75 bits per heavy atom. The van der Waals surface area contributed by atoms with E-state index >= 15 is 0 Å². The van der Waals surface area contributed by atoms with Gasteiger partial charge in [-0.1, -0.05) is 44.2 Å². The highest BCUT2D eigenvalue weighted by Gasteiger charge is 2.51. The zero-order valence-corrected chi connectivity index (χ0v) is 46.9. The Morgan fingerprint density at radius 1 is 0.988 bits per heavy atom. The summed E-state index contributed by atoms with van der Waals surface area (Å²) in [5.74, 6) is 0.496. The second kappa shape index (κ2) is 21.7. The van der Waals surface area contributed by atoms with Crippen LogP contribution in [0.25, 0.3) is 22.0 Å². The number of methoxy groups -OCH3 is 1. The van der Waals surface area contributed by atoms with Gasteiger partial charge in [-0.25, -0.2) is 27.5 Å².